The predicted molar refractivity (Wildman–Crippen MR) is 148 cm³/mol. The Hall–Kier alpha value is -3.89. The summed E-state index contributed by atoms with van der Waals surface area (Å²) in [6.07, 6.45) is 1.62. The van der Waals surface area contributed by atoms with Crippen LogP contribution in [0.15, 0.2) is 63.5 Å². The zero-order chi connectivity index (χ0) is 28.1. The average molecular weight is 553 g/mol. The molecule has 1 aliphatic rings. The number of esters is 1. The number of ether oxygens (including phenoxy) is 5. The molecule has 0 saturated carbocycles. The van der Waals surface area contributed by atoms with Gasteiger partial charge in [0, 0.05) is 18.2 Å². The van der Waals surface area contributed by atoms with Crippen LogP contribution < -0.4 is 29.1 Å². The van der Waals surface area contributed by atoms with E-state index in [1.54, 1.807) is 45.4 Å². The van der Waals surface area contributed by atoms with E-state index >= 15 is 0 Å². The van der Waals surface area contributed by atoms with Crippen LogP contribution in [0.5, 0.6) is 17.2 Å². The predicted octanol–water partition coefficient (Wildman–Crippen LogP) is 3.23. The van der Waals surface area contributed by atoms with Gasteiger partial charge in [0.25, 0.3) is 5.56 Å². The Bertz CT molecular complexity index is 1570. The molecule has 0 fully saturated rings. The van der Waals surface area contributed by atoms with Crippen molar-refractivity contribution < 1.29 is 28.5 Å². The van der Waals surface area contributed by atoms with Gasteiger partial charge in [-0.3, -0.25) is 9.36 Å². The van der Waals surface area contributed by atoms with Crippen LogP contribution in [0, 0.1) is 0 Å². The third kappa shape index (κ3) is 5.91. The number of thiazole rings is 1. The summed E-state index contributed by atoms with van der Waals surface area (Å²) in [4.78, 5) is 32.5. The van der Waals surface area contributed by atoms with Crippen LogP contribution in [0.1, 0.15) is 37.9 Å². The number of fused-ring (bicyclic) bond motifs is 1. The highest BCUT2D eigenvalue weighted by Crippen LogP contribution is 2.36. The van der Waals surface area contributed by atoms with E-state index in [9.17, 15) is 9.59 Å². The average Bonchev–Trinajstić information content (AvgIpc) is 3.22. The fourth-order valence-corrected chi connectivity index (χ4v) is 5.37. The first kappa shape index (κ1) is 28.1. The Kier molecular flexibility index (Phi) is 8.88. The smallest absolute Gasteiger partial charge is 0.338 e. The molecule has 0 spiro atoms. The molecule has 0 amide bonds. The van der Waals surface area contributed by atoms with Gasteiger partial charge in [-0.1, -0.05) is 29.5 Å². The molecule has 0 unspecified atom stereocenters. The maximum Gasteiger partial charge on any atom is 0.338 e. The lowest BCUT2D eigenvalue weighted by atomic mass is 9.95. The van der Waals surface area contributed by atoms with Crippen molar-refractivity contribution in [1.29, 1.82) is 0 Å². The highest BCUT2D eigenvalue weighted by Gasteiger charge is 2.35. The summed E-state index contributed by atoms with van der Waals surface area (Å²) in [7, 11) is 4.67. The molecule has 4 rings (SSSR count). The number of aromatic nitrogens is 1. The molecular weight excluding hydrogens is 520 g/mol. The number of nitrogens with zero attached hydrogens (tertiary/aromatic N) is 2. The van der Waals surface area contributed by atoms with E-state index in [0.717, 1.165) is 0 Å². The second-order valence-electron chi connectivity index (χ2n) is 9.02. The van der Waals surface area contributed by atoms with Crippen LogP contribution in [0.4, 0.5) is 0 Å². The Morgan fingerprint density at radius 3 is 2.54 bits per heavy atom. The van der Waals surface area contributed by atoms with Crippen LogP contribution in [0.3, 0.4) is 0 Å². The molecule has 9 nitrogen and oxygen atoms in total. The van der Waals surface area contributed by atoms with Crippen molar-refractivity contribution in [3.63, 3.8) is 0 Å². The Morgan fingerprint density at radius 2 is 1.85 bits per heavy atom. The summed E-state index contributed by atoms with van der Waals surface area (Å²) in [6, 6.07) is 11.9. The molecule has 1 aromatic heterocycles. The van der Waals surface area contributed by atoms with Gasteiger partial charge in [-0.15, -0.1) is 0 Å². The maximum atomic E-state index is 14.0. The normalized spacial score (nSPS) is 15.2. The first-order chi connectivity index (χ1) is 18.8. The standard InChI is InChI=1S/C29H32N2O7S/c1-17(2)38-23-10-8-7-9-21(23)26-25(28(33)37-14-13-34-4)18(3)30-29-31(26)27(32)24(39-29)16-19-15-20(35-5)11-12-22(19)36-6/h7-12,15-17,26H,13-14H2,1-6H3/b24-16+/t26-/m0/s1. The molecule has 0 N–H and O–H groups in total. The van der Waals surface area contributed by atoms with Crippen molar-refractivity contribution in [2.24, 2.45) is 4.99 Å². The van der Waals surface area contributed by atoms with E-state index in [1.165, 1.54) is 23.0 Å². The lowest BCUT2D eigenvalue weighted by Gasteiger charge is -2.27. The van der Waals surface area contributed by atoms with Crippen molar-refractivity contribution in [3.8, 4) is 17.2 Å². The molecule has 3 aromatic rings. The van der Waals surface area contributed by atoms with E-state index in [4.69, 9.17) is 23.7 Å². The molecule has 2 aromatic carbocycles. The number of benzene rings is 2. The minimum absolute atomic E-state index is 0.0724. The Morgan fingerprint density at radius 1 is 1.08 bits per heavy atom. The highest BCUT2D eigenvalue weighted by atomic mass is 32.1. The number of carbonyl (C=O) groups is 1. The molecule has 2 heterocycles. The zero-order valence-electron chi connectivity index (χ0n) is 22.8. The third-order valence-electron chi connectivity index (χ3n) is 6.06. The van der Waals surface area contributed by atoms with Crippen LogP contribution in [0.2, 0.25) is 0 Å². The van der Waals surface area contributed by atoms with Gasteiger partial charge < -0.3 is 23.7 Å². The van der Waals surface area contributed by atoms with Crippen LogP contribution in [0.25, 0.3) is 6.08 Å². The molecule has 206 valence electrons. The number of hydrogen-bond acceptors (Lipinski definition) is 9. The highest BCUT2D eigenvalue weighted by molar-refractivity contribution is 7.07. The minimum Gasteiger partial charge on any atom is -0.497 e. The van der Waals surface area contributed by atoms with Crippen molar-refractivity contribution >= 4 is 23.4 Å². The van der Waals surface area contributed by atoms with E-state index in [1.807, 2.05) is 38.1 Å². The first-order valence-corrected chi connectivity index (χ1v) is 13.3. The topological polar surface area (TPSA) is 97.6 Å². The van der Waals surface area contributed by atoms with Gasteiger partial charge in [0.15, 0.2) is 4.80 Å². The van der Waals surface area contributed by atoms with E-state index in [-0.39, 0.29) is 30.5 Å². The summed E-state index contributed by atoms with van der Waals surface area (Å²) in [5.74, 6) is 1.22. The quantitative estimate of drug-likeness (QED) is 0.281. The van der Waals surface area contributed by atoms with Gasteiger partial charge in [-0.05, 0) is 51.1 Å². The van der Waals surface area contributed by atoms with Crippen molar-refractivity contribution in [2.75, 3.05) is 34.5 Å². The molecule has 0 radical (unpaired) electrons. The van der Waals surface area contributed by atoms with Crippen molar-refractivity contribution in [2.45, 2.75) is 32.9 Å². The van der Waals surface area contributed by atoms with Gasteiger partial charge >= 0.3 is 5.97 Å². The van der Waals surface area contributed by atoms with Gasteiger partial charge in [0.2, 0.25) is 0 Å². The molecule has 0 saturated heterocycles. The van der Waals surface area contributed by atoms with Gasteiger partial charge in [-0.25, -0.2) is 9.79 Å². The van der Waals surface area contributed by atoms with Crippen molar-refractivity contribution in [3.05, 3.63) is 84.5 Å². The second-order valence-corrected chi connectivity index (χ2v) is 10.0. The molecular formula is C29H32N2O7S. The largest absolute Gasteiger partial charge is 0.497 e. The third-order valence-corrected chi connectivity index (χ3v) is 7.04. The molecule has 0 aliphatic carbocycles. The fourth-order valence-electron chi connectivity index (χ4n) is 4.33. The van der Waals surface area contributed by atoms with Crippen LogP contribution in [-0.4, -0.2) is 51.2 Å². The van der Waals surface area contributed by atoms with Gasteiger partial charge in [-0.2, -0.15) is 0 Å². The molecule has 10 heteroatoms. The van der Waals surface area contributed by atoms with E-state index < -0.39 is 12.0 Å². The lowest BCUT2D eigenvalue weighted by Crippen LogP contribution is -2.40. The Labute approximate surface area is 230 Å². The first-order valence-electron chi connectivity index (χ1n) is 12.4. The maximum absolute atomic E-state index is 14.0. The number of para-hydroxylation sites is 1. The van der Waals surface area contributed by atoms with Crippen LogP contribution in [-0.2, 0) is 14.3 Å². The van der Waals surface area contributed by atoms with Crippen LogP contribution >= 0.6 is 11.3 Å². The van der Waals surface area contributed by atoms with Crippen molar-refractivity contribution in [1.82, 2.24) is 4.57 Å². The number of allylic oxidation sites excluding steroid dienone is 1. The van der Waals surface area contributed by atoms with Gasteiger partial charge in [0.05, 0.1) is 42.7 Å². The molecule has 39 heavy (non-hydrogen) atoms. The molecule has 0 bridgehead atoms. The number of methoxy groups -OCH3 is 3. The second kappa shape index (κ2) is 12.3. The Balaban J connectivity index is 1.95. The lowest BCUT2D eigenvalue weighted by molar-refractivity contribution is -0.140. The number of rotatable bonds is 10. The minimum atomic E-state index is -0.805. The van der Waals surface area contributed by atoms with E-state index in [2.05, 4.69) is 4.99 Å². The molecule has 1 aliphatic heterocycles. The summed E-state index contributed by atoms with van der Waals surface area (Å²) >= 11 is 1.23. The summed E-state index contributed by atoms with van der Waals surface area (Å²) in [5.41, 5.74) is 1.77. The summed E-state index contributed by atoms with van der Waals surface area (Å²) < 4.78 is 29.5. The summed E-state index contributed by atoms with van der Waals surface area (Å²) in [5, 5.41) is 0. The number of hydrogen-bond donors (Lipinski definition) is 0. The zero-order valence-corrected chi connectivity index (χ0v) is 23.7. The SMILES string of the molecule is COCCOC(=O)C1=C(C)N=c2s/c(=C/c3cc(OC)ccc3OC)c(=O)n2[C@H]1c1ccccc1OC(C)C. The van der Waals surface area contributed by atoms with Gasteiger partial charge in [0.1, 0.15) is 29.9 Å². The number of carbonyl (C=O) groups excluding carboxylic acids is 1. The molecule has 1 atom stereocenters. The van der Waals surface area contributed by atoms with E-state index in [0.29, 0.717) is 43.4 Å². The fraction of sp³-hybridized carbons (Fsp3) is 0.345. The monoisotopic (exact) mass is 552 g/mol. The summed E-state index contributed by atoms with van der Waals surface area (Å²) in [6.45, 7) is 5.91.